The largest absolute Gasteiger partial charge is 0.206 e. The third-order valence-electron chi connectivity index (χ3n) is 20.9. The molecule has 0 saturated carbocycles. The van der Waals surface area contributed by atoms with Crippen LogP contribution in [0.5, 0.6) is 0 Å². The summed E-state index contributed by atoms with van der Waals surface area (Å²) in [7, 11) is 0. The molecule has 0 aliphatic carbocycles. The smallest absolute Gasteiger partial charge is 0.176 e. The molecule has 0 aromatic heterocycles. The van der Waals surface area contributed by atoms with Crippen molar-refractivity contribution in [3.05, 3.63) is 286 Å². The molecule has 12 aromatic rings. The molecule has 0 amide bonds. The number of rotatable bonds is 39. The Balaban J connectivity index is 0.000000817. The molecule has 12 aromatic carbocycles. The van der Waals surface area contributed by atoms with E-state index in [2.05, 4.69) is 299 Å². The Hall–Kier alpha value is -1.59. The van der Waals surface area contributed by atoms with Crippen LogP contribution in [0, 0.1) is 59.3 Å². The van der Waals surface area contributed by atoms with E-state index in [0.717, 1.165) is 23.1 Å². The van der Waals surface area contributed by atoms with Gasteiger partial charge in [0, 0.05) is 103 Å². The van der Waals surface area contributed by atoms with Crippen molar-refractivity contribution in [2.45, 2.75) is 248 Å². The van der Waals surface area contributed by atoms with Gasteiger partial charge in [-0.25, -0.2) is 39.5 Å². The Labute approximate surface area is 995 Å². The summed E-state index contributed by atoms with van der Waals surface area (Å²) in [5.74, 6) is -7.12. The molecular formula is C116H151F9S24. The fourth-order valence-corrected chi connectivity index (χ4v) is 25.5. The molecule has 33 heteroatoms. The molecule has 0 spiro atoms. The highest BCUT2D eigenvalue weighted by atomic mass is 32.2. The van der Waals surface area contributed by atoms with Crippen molar-refractivity contribution in [2.24, 2.45) is 0 Å². The van der Waals surface area contributed by atoms with Crippen LogP contribution in [0.3, 0.4) is 0 Å². The zero-order valence-electron chi connectivity index (χ0n) is 91.4. The lowest BCUT2D eigenvalue weighted by Gasteiger charge is -2.07. The summed E-state index contributed by atoms with van der Waals surface area (Å²) < 4.78 is 117. The van der Waals surface area contributed by atoms with E-state index < -0.39 is 44.7 Å². The average molecular weight is 2490 g/mol. The number of unbranched alkanes of at least 4 members (excludes halogenated alkanes) is 8. The summed E-state index contributed by atoms with van der Waals surface area (Å²) in [5.41, 5.74) is 7.27. The number of aryl methyl sites for hydroxylation is 5. The van der Waals surface area contributed by atoms with Crippen LogP contribution in [0.2, 0.25) is 0 Å². The van der Waals surface area contributed by atoms with Crippen molar-refractivity contribution >= 4 is 282 Å². The van der Waals surface area contributed by atoms with E-state index in [1.165, 1.54) is 280 Å². The van der Waals surface area contributed by atoms with Gasteiger partial charge in [0.2, 0.25) is 0 Å². The van der Waals surface area contributed by atoms with Gasteiger partial charge in [-0.1, -0.05) is 104 Å². The molecule has 0 bridgehead atoms. The second-order valence-electron chi connectivity index (χ2n) is 30.9. The lowest BCUT2D eigenvalue weighted by molar-refractivity contribution is 0.401. The van der Waals surface area contributed by atoms with Gasteiger partial charge in [-0.3, -0.25) is 0 Å². The highest BCUT2D eigenvalue weighted by Gasteiger charge is 2.25. The lowest BCUT2D eigenvalue weighted by Crippen LogP contribution is -2.00. The van der Waals surface area contributed by atoms with Gasteiger partial charge in [0.1, 0.15) is 29.1 Å². The van der Waals surface area contributed by atoms with E-state index in [4.69, 9.17) is 0 Å². The first-order chi connectivity index (χ1) is 71.7. The minimum Gasteiger partial charge on any atom is -0.206 e. The summed E-state index contributed by atoms with van der Waals surface area (Å²) >= 11 is 38.0. The Morgan fingerprint density at radius 2 is 0.416 bits per heavy atom. The summed E-state index contributed by atoms with van der Waals surface area (Å²) in [6.07, 6.45) is 67.1. The maximum Gasteiger partial charge on any atom is 0.176 e. The van der Waals surface area contributed by atoms with Crippen molar-refractivity contribution in [3.8, 4) is 0 Å². The van der Waals surface area contributed by atoms with Crippen molar-refractivity contribution < 1.29 is 39.5 Å². The van der Waals surface area contributed by atoms with E-state index in [1.807, 2.05) is 119 Å². The summed E-state index contributed by atoms with van der Waals surface area (Å²) in [5, 5.41) is 0. The third kappa shape index (κ3) is 60.1. The molecule has 0 N–H and O–H groups in total. The molecule has 0 heterocycles. The molecular weight excluding hydrogens is 2330 g/mol. The summed E-state index contributed by atoms with van der Waals surface area (Å²) in [6, 6.07) is 70.3. The average Bonchev–Trinajstić information content (AvgIpc) is 0.792. The quantitative estimate of drug-likeness (QED) is 0.0155. The van der Waals surface area contributed by atoms with Crippen molar-refractivity contribution in [1.29, 1.82) is 0 Å². The van der Waals surface area contributed by atoms with Gasteiger partial charge in [-0.05, 0) is 411 Å². The van der Waals surface area contributed by atoms with Gasteiger partial charge in [-0.2, -0.15) is 0 Å². The maximum absolute atomic E-state index is 13.1. The zero-order chi connectivity index (χ0) is 112. The predicted octanol–water partition coefficient (Wildman–Crippen LogP) is 45.7. The van der Waals surface area contributed by atoms with Gasteiger partial charge >= 0.3 is 0 Å². The molecule has 12 rings (SSSR count). The summed E-state index contributed by atoms with van der Waals surface area (Å²) in [6.45, 7) is 11.1. The fourth-order valence-electron chi connectivity index (χ4n) is 12.8. The van der Waals surface area contributed by atoms with Crippen molar-refractivity contribution in [3.63, 3.8) is 0 Å². The SMILES string of the molecule is CCCCCCCCCCc1cc(SC)cc(SC)c1.CCCCc1cc(SC)cc(SC)c1.CCCc1cc(SC)cc(SC)c1.CCc1cc(SC)cc(SC)c1.CSc1c(F)c(F)c(SC)c(F)c1F.CSc1cc(C)cc(SC)c1.CSc1cc(F)c(SC)c(F)c1.CSc1cc(F)c(SC)cc1F.CSc1ccc(SC)c(F)c1.CSc1ccc(SC)cc1.CSc1cccc(SC)c1.CSc1ccccc1SC. The first-order valence-corrected chi connectivity index (χ1v) is 76.7. The number of hydrogen-bond donors (Lipinski definition) is 0. The van der Waals surface area contributed by atoms with Crippen LogP contribution < -0.4 is 0 Å². The van der Waals surface area contributed by atoms with Crippen LogP contribution in [-0.2, 0) is 25.7 Å². The van der Waals surface area contributed by atoms with Crippen LogP contribution in [0.1, 0.15) is 126 Å². The first kappa shape index (κ1) is 145. The molecule has 0 nitrogen and oxygen atoms in total. The molecule has 0 aliphatic rings. The van der Waals surface area contributed by atoms with Gasteiger partial charge < -0.3 is 0 Å². The standard InChI is InChI=1S/C18H30S2.C12H18S2.C11H16S2.C10H14S2.C9H12S2.C8H6F4S2.2C8H8F2S2.C8H9FS2.3C8H10S2/c1-4-5-6-7-8-9-10-11-12-16-13-17(19-2)15-18(14-16)20-3;1-4-5-6-10-7-11(13-2)9-12(8-10)14-3;1-4-5-9-6-10(12-2)8-11(7-9)13-3;1-4-8-5-9(11-2)7-10(6-8)12-3;1-7-4-8(10-2)6-9(5-7)11-3;1-13-7-3(9)5(11)8(14-2)6(12)4(7)10;1-11-7-3-6(10)8(12-2)4-5(7)9;1-11-5-3-6(9)8(12-2)7(10)4-5;1-10-6-3-4-8(11-2)7(9)5-6;1-9-7-3-5-8(10-2)6-4-7;1-9-7-4-3-5-8(6-7)10-2;1-9-7-5-3-4-6-8(7)10-2/h13-15H,4-12H2,1-3H3;7-9H,4-6H2,1-3H3;6-8H,4-5H2,1-3H3;5-7H,4H2,1-3H3;4-6H,1-3H3;1-2H3;2*3-4H,1-2H3;3-5H,1-2H3;3*3-6H,1-2H3. The Morgan fingerprint density at radius 1 is 0.168 bits per heavy atom. The minimum atomic E-state index is -1.33. The molecule has 822 valence electrons. The normalized spacial score (nSPS) is 10.3. The molecule has 0 fully saturated rings. The van der Waals surface area contributed by atoms with Crippen LogP contribution in [0.4, 0.5) is 39.5 Å². The predicted molar refractivity (Wildman–Crippen MR) is 693 cm³/mol. The Bertz CT molecular complexity index is 5340. The highest BCUT2D eigenvalue weighted by molar-refractivity contribution is 8.04. The van der Waals surface area contributed by atoms with E-state index in [-0.39, 0.29) is 22.3 Å². The van der Waals surface area contributed by atoms with E-state index in [9.17, 15) is 39.5 Å². The Kier molecular flexibility index (Phi) is 87.9. The van der Waals surface area contributed by atoms with Gasteiger partial charge in [0.15, 0.2) is 23.3 Å². The Morgan fingerprint density at radius 3 is 0.698 bits per heavy atom. The van der Waals surface area contributed by atoms with Crippen LogP contribution >= 0.6 is 282 Å². The van der Waals surface area contributed by atoms with Crippen LogP contribution in [-0.4, -0.2) is 150 Å². The van der Waals surface area contributed by atoms with Crippen LogP contribution in [0.25, 0.3) is 0 Å². The van der Waals surface area contributed by atoms with E-state index in [0.29, 0.717) is 43.1 Å². The van der Waals surface area contributed by atoms with Crippen molar-refractivity contribution in [1.82, 2.24) is 0 Å². The first-order valence-electron chi connectivity index (χ1n) is 47.3. The number of hydrogen-bond acceptors (Lipinski definition) is 24. The summed E-state index contributed by atoms with van der Waals surface area (Å²) in [4.78, 5) is 23.7. The monoisotopic (exact) mass is 2480 g/mol. The number of thioether (sulfide) groups is 24. The molecule has 149 heavy (non-hydrogen) atoms. The van der Waals surface area contributed by atoms with Gasteiger partial charge in [-0.15, -0.1) is 282 Å². The number of halogens is 9. The van der Waals surface area contributed by atoms with Gasteiger partial charge in [0.25, 0.3) is 0 Å². The topological polar surface area (TPSA) is 0 Å². The molecule has 0 radical (unpaired) electrons. The highest BCUT2D eigenvalue weighted by Crippen LogP contribution is 2.38. The zero-order valence-corrected chi connectivity index (χ0v) is 111. The minimum absolute atomic E-state index is 0.0906. The van der Waals surface area contributed by atoms with Crippen LogP contribution in [0.15, 0.2) is 324 Å². The van der Waals surface area contributed by atoms with Crippen molar-refractivity contribution in [2.75, 3.05) is 150 Å². The van der Waals surface area contributed by atoms with E-state index in [1.54, 1.807) is 137 Å². The second kappa shape index (κ2) is 90.1. The molecule has 0 unspecified atom stereocenters. The fraction of sp³-hybridized carbons (Fsp3) is 0.379. The molecule has 0 saturated heterocycles. The maximum atomic E-state index is 13.1. The molecule has 0 aliphatic heterocycles. The third-order valence-corrected chi connectivity index (χ3v) is 38.6. The number of benzene rings is 12. The second-order valence-corrected chi connectivity index (χ2v) is 51.7. The molecule has 0 atom stereocenters. The lowest BCUT2D eigenvalue weighted by atomic mass is 10.0. The van der Waals surface area contributed by atoms with Gasteiger partial charge in [0.05, 0.1) is 14.7 Å². The van der Waals surface area contributed by atoms with E-state index >= 15 is 0 Å².